The molecular weight excluding hydrogens is 445 g/mol. The van der Waals surface area contributed by atoms with E-state index in [1.54, 1.807) is 12.1 Å². The minimum atomic E-state index is -0.229. The number of carbonyl (C=O) groups excluding carboxylic acids is 1. The highest BCUT2D eigenvalue weighted by Gasteiger charge is 2.19. The molecule has 1 amide bonds. The van der Waals surface area contributed by atoms with Crippen molar-refractivity contribution >= 4 is 11.7 Å². The number of carbonyl (C=O) groups is 1. The molecule has 184 valence electrons. The molecule has 2 heterocycles. The van der Waals surface area contributed by atoms with Gasteiger partial charge in [-0.1, -0.05) is 31.2 Å². The largest absolute Gasteiger partial charge is 0.494 e. The normalized spacial score (nSPS) is 14.1. The SMILES string of the molecule is CCCNC(=O)c1ccc(N2CCN(Cc3ccc(-c4cccc(OCC)c4)c(F)c3)CC2)nn1. The Kier molecular flexibility index (Phi) is 8.26. The maximum atomic E-state index is 14.9. The number of nitrogens with zero attached hydrogens (tertiary/aromatic N) is 4. The van der Waals surface area contributed by atoms with Crippen LogP contribution in [-0.2, 0) is 6.54 Å². The molecule has 7 nitrogen and oxygen atoms in total. The Morgan fingerprint density at radius 1 is 1.03 bits per heavy atom. The number of anilines is 1. The van der Waals surface area contributed by atoms with Gasteiger partial charge in [-0.3, -0.25) is 9.69 Å². The highest BCUT2D eigenvalue weighted by atomic mass is 19.1. The monoisotopic (exact) mass is 477 g/mol. The summed E-state index contributed by atoms with van der Waals surface area (Å²) in [5, 5.41) is 11.1. The van der Waals surface area contributed by atoms with Gasteiger partial charge < -0.3 is 15.0 Å². The van der Waals surface area contributed by atoms with E-state index in [1.807, 2.05) is 56.3 Å². The molecule has 8 heteroatoms. The Balaban J connectivity index is 1.32. The van der Waals surface area contributed by atoms with E-state index >= 15 is 0 Å². The zero-order valence-corrected chi connectivity index (χ0v) is 20.3. The molecule has 3 aromatic rings. The molecule has 1 fully saturated rings. The molecule has 0 aliphatic carbocycles. The minimum Gasteiger partial charge on any atom is -0.494 e. The van der Waals surface area contributed by atoms with Crippen molar-refractivity contribution in [1.82, 2.24) is 20.4 Å². The molecule has 4 rings (SSSR count). The molecular formula is C27H32FN5O2. The Morgan fingerprint density at radius 2 is 1.86 bits per heavy atom. The van der Waals surface area contributed by atoms with Crippen LogP contribution in [0.15, 0.2) is 54.6 Å². The zero-order chi connectivity index (χ0) is 24.6. The molecule has 0 bridgehead atoms. The second-order valence-corrected chi connectivity index (χ2v) is 8.57. The third-order valence-electron chi connectivity index (χ3n) is 6.01. The first-order valence-electron chi connectivity index (χ1n) is 12.2. The third kappa shape index (κ3) is 6.33. The van der Waals surface area contributed by atoms with Crippen LogP contribution in [0.5, 0.6) is 5.75 Å². The Morgan fingerprint density at radius 3 is 2.54 bits per heavy atom. The highest BCUT2D eigenvalue weighted by molar-refractivity contribution is 5.92. The van der Waals surface area contributed by atoms with Gasteiger partial charge in [-0.2, -0.15) is 0 Å². The summed E-state index contributed by atoms with van der Waals surface area (Å²) in [6.07, 6.45) is 0.876. The fourth-order valence-corrected chi connectivity index (χ4v) is 4.15. The number of hydrogen-bond acceptors (Lipinski definition) is 6. The predicted octanol–water partition coefficient (Wildman–Crippen LogP) is 4.14. The van der Waals surface area contributed by atoms with Crippen LogP contribution in [0.25, 0.3) is 11.1 Å². The van der Waals surface area contributed by atoms with E-state index in [4.69, 9.17) is 4.74 Å². The number of amides is 1. The van der Waals surface area contributed by atoms with Gasteiger partial charge in [-0.05, 0) is 54.8 Å². The summed E-state index contributed by atoms with van der Waals surface area (Å²) in [5.41, 5.74) is 2.66. The molecule has 0 spiro atoms. The molecule has 1 saturated heterocycles. The number of nitrogens with one attached hydrogen (secondary N) is 1. The molecule has 1 aliphatic rings. The number of rotatable bonds is 9. The molecule has 1 N–H and O–H groups in total. The Labute approximate surface area is 205 Å². The smallest absolute Gasteiger partial charge is 0.271 e. The molecule has 0 radical (unpaired) electrons. The number of halogens is 1. The predicted molar refractivity (Wildman–Crippen MR) is 135 cm³/mol. The van der Waals surface area contributed by atoms with Crippen LogP contribution in [0.4, 0.5) is 10.2 Å². The number of hydrogen-bond donors (Lipinski definition) is 1. The van der Waals surface area contributed by atoms with Gasteiger partial charge in [0.05, 0.1) is 6.61 Å². The van der Waals surface area contributed by atoms with E-state index in [0.29, 0.717) is 31.0 Å². The van der Waals surface area contributed by atoms with E-state index in [1.165, 1.54) is 0 Å². The summed E-state index contributed by atoms with van der Waals surface area (Å²) in [4.78, 5) is 16.5. The van der Waals surface area contributed by atoms with Gasteiger partial charge >= 0.3 is 0 Å². The molecule has 0 unspecified atom stereocenters. The van der Waals surface area contributed by atoms with Crippen molar-refractivity contribution in [2.45, 2.75) is 26.8 Å². The molecule has 0 atom stereocenters. The fourth-order valence-electron chi connectivity index (χ4n) is 4.15. The molecule has 1 aliphatic heterocycles. The van der Waals surface area contributed by atoms with Gasteiger partial charge in [-0.15, -0.1) is 10.2 Å². The number of aromatic nitrogens is 2. The number of ether oxygens (including phenoxy) is 1. The van der Waals surface area contributed by atoms with E-state index in [9.17, 15) is 9.18 Å². The highest BCUT2D eigenvalue weighted by Crippen LogP contribution is 2.27. The zero-order valence-electron chi connectivity index (χ0n) is 20.3. The van der Waals surface area contributed by atoms with E-state index in [2.05, 4.69) is 25.3 Å². The van der Waals surface area contributed by atoms with Gasteiger partial charge in [0.15, 0.2) is 11.5 Å². The maximum absolute atomic E-state index is 14.9. The van der Waals surface area contributed by atoms with Gasteiger partial charge in [0.2, 0.25) is 0 Å². The molecule has 35 heavy (non-hydrogen) atoms. The first-order valence-corrected chi connectivity index (χ1v) is 12.2. The summed E-state index contributed by atoms with van der Waals surface area (Å²) in [7, 11) is 0. The van der Waals surface area contributed by atoms with Crippen molar-refractivity contribution < 1.29 is 13.9 Å². The lowest BCUT2D eigenvalue weighted by Crippen LogP contribution is -2.46. The Hall–Kier alpha value is -3.52. The van der Waals surface area contributed by atoms with Crippen molar-refractivity contribution in [3.8, 4) is 16.9 Å². The van der Waals surface area contributed by atoms with Gasteiger partial charge in [0, 0.05) is 44.8 Å². The van der Waals surface area contributed by atoms with Crippen LogP contribution in [-0.4, -0.2) is 60.3 Å². The first-order chi connectivity index (χ1) is 17.1. The standard InChI is InChI=1S/C27H32FN5O2/c1-3-12-29-27(34)25-10-11-26(31-30-25)33-15-13-32(14-16-33)19-20-8-9-23(24(28)17-20)21-6-5-7-22(18-21)35-4-2/h5-11,17-18H,3-4,12-16,19H2,1-2H3,(H,29,34). The molecule has 0 saturated carbocycles. The third-order valence-corrected chi connectivity index (χ3v) is 6.01. The van der Waals surface area contributed by atoms with E-state index < -0.39 is 0 Å². The van der Waals surface area contributed by atoms with E-state index in [0.717, 1.165) is 55.3 Å². The summed E-state index contributed by atoms with van der Waals surface area (Å²) < 4.78 is 20.5. The lowest BCUT2D eigenvalue weighted by molar-refractivity contribution is 0.0947. The summed E-state index contributed by atoms with van der Waals surface area (Å²) in [6, 6.07) is 16.6. The Bertz CT molecular complexity index is 1130. The first kappa shape index (κ1) is 24.6. The number of piperazine rings is 1. The van der Waals surface area contributed by atoms with E-state index in [-0.39, 0.29) is 11.7 Å². The fraction of sp³-hybridized carbons (Fsp3) is 0.370. The van der Waals surface area contributed by atoms with Gasteiger partial charge in [0.25, 0.3) is 5.91 Å². The van der Waals surface area contributed by atoms with Crippen LogP contribution in [0.2, 0.25) is 0 Å². The van der Waals surface area contributed by atoms with Crippen LogP contribution in [0.1, 0.15) is 36.3 Å². The number of benzene rings is 2. The van der Waals surface area contributed by atoms with Crippen LogP contribution in [0, 0.1) is 5.82 Å². The van der Waals surface area contributed by atoms with Crippen LogP contribution in [0.3, 0.4) is 0 Å². The second kappa shape index (κ2) is 11.8. The topological polar surface area (TPSA) is 70.6 Å². The average molecular weight is 478 g/mol. The minimum absolute atomic E-state index is 0.198. The second-order valence-electron chi connectivity index (χ2n) is 8.57. The van der Waals surface area contributed by atoms with Gasteiger partial charge in [0.1, 0.15) is 11.6 Å². The van der Waals surface area contributed by atoms with Crippen molar-refractivity contribution in [2.75, 3.05) is 44.2 Å². The summed E-state index contributed by atoms with van der Waals surface area (Å²) >= 11 is 0. The van der Waals surface area contributed by atoms with Crippen molar-refractivity contribution in [1.29, 1.82) is 0 Å². The maximum Gasteiger partial charge on any atom is 0.271 e. The molecule has 2 aromatic carbocycles. The quantitative estimate of drug-likeness (QED) is 0.500. The van der Waals surface area contributed by atoms with Crippen molar-refractivity contribution in [3.63, 3.8) is 0 Å². The summed E-state index contributed by atoms with van der Waals surface area (Å²) in [6.45, 7) is 9.07. The lowest BCUT2D eigenvalue weighted by atomic mass is 10.0. The lowest BCUT2D eigenvalue weighted by Gasteiger charge is -2.35. The average Bonchev–Trinajstić information content (AvgIpc) is 2.88. The molecule has 1 aromatic heterocycles. The van der Waals surface area contributed by atoms with Crippen molar-refractivity contribution in [2.24, 2.45) is 0 Å². The van der Waals surface area contributed by atoms with Crippen LogP contribution < -0.4 is 15.0 Å². The summed E-state index contributed by atoms with van der Waals surface area (Å²) in [5.74, 6) is 1.08. The van der Waals surface area contributed by atoms with Gasteiger partial charge in [-0.25, -0.2) is 4.39 Å². The van der Waals surface area contributed by atoms with Crippen LogP contribution >= 0.6 is 0 Å². The van der Waals surface area contributed by atoms with Crippen molar-refractivity contribution in [3.05, 3.63) is 71.7 Å².